The summed E-state index contributed by atoms with van der Waals surface area (Å²) in [5.41, 5.74) is 1.11. The maximum atomic E-state index is 14.0. The van der Waals surface area contributed by atoms with Crippen LogP contribution in [0.1, 0.15) is 12.8 Å². The van der Waals surface area contributed by atoms with Crippen LogP contribution in [0.25, 0.3) is 21.9 Å². The minimum atomic E-state index is -0.618. The van der Waals surface area contributed by atoms with Gasteiger partial charge >= 0.3 is 0 Å². The van der Waals surface area contributed by atoms with Gasteiger partial charge in [-0.25, -0.2) is 4.39 Å². The molecule has 0 unspecified atom stereocenters. The highest BCUT2D eigenvalue weighted by Crippen LogP contribution is 2.28. The smallest absolute Gasteiger partial charge is 0.200 e. The Kier molecular flexibility index (Phi) is 3.08. The third-order valence-corrected chi connectivity index (χ3v) is 4.36. The molecular formula is C17H13ClFNO2. The van der Waals surface area contributed by atoms with Gasteiger partial charge in [0.05, 0.1) is 10.8 Å². The fraction of sp³-hybridized carbons (Fsp3) is 0.235. The lowest BCUT2D eigenvalue weighted by Crippen LogP contribution is -2.17. The molecule has 1 aliphatic rings. The molecule has 3 nitrogen and oxygen atoms in total. The fourth-order valence-corrected chi connectivity index (χ4v) is 3.25. The normalized spacial score (nSPS) is 15.1. The summed E-state index contributed by atoms with van der Waals surface area (Å²) < 4.78 is 19.7. The van der Waals surface area contributed by atoms with Crippen molar-refractivity contribution in [2.24, 2.45) is 0 Å². The van der Waals surface area contributed by atoms with Gasteiger partial charge in [-0.3, -0.25) is 4.79 Å². The van der Waals surface area contributed by atoms with Crippen molar-refractivity contribution in [3.05, 3.63) is 51.4 Å². The quantitative estimate of drug-likeness (QED) is 0.626. The average Bonchev–Trinajstić information content (AvgIpc) is 3.02. The summed E-state index contributed by atoms with van der Waals surface area (Å²) in [6, 6.07) is 8.07. The van der Waals surface area contributed by atoms with Crippen molar-refractivity contribution < 1.29 is 8.81 Å². The van der Waals surface area contributed by atoms with Gasteiger partial charge in [0.1, 0.15) is 5.58 Å². The minimum absolute atomic E-state index is 0.0412. The third-order valence-electron chi connectivity index (χ3n) is 4.15. The van der Waals surface area contributed by atoms with Gasteiger partial charge in [0.2, 0.25) is 5.43 Å². The maximum Gasteiger partial charge on any atom is 0.200 e. The summed E-state index contributed by atoms with van der Waals surface area (Å²) in [5, 5.41) is 0.800. The molecule has 0 saturated carbocycles. The Morgan fingerprint density at radius 2 is 1.86 bits per heavy atom. The van der Waals surface area contributed by atoms with Gasteiger partial charge in [-0.15, -0.1) is 0 Å². The molecule has 1 aromatic heterocycles. The number of anilines is 1. The predicted octanol–water partition coefficient (Wildman–Crippen LogP) is 4.34. The van der Waals surface area contributed by atoms with Crippen LogP contribution >= 0.6 is 11.6 Å². The molecule has 1 aliphatic heterocycles. The van der Waals surface area contributed by atoms with Gasteiger partial charge in [0.25, 0.3) is 0 Å². The Morgan fingerprint density at radius 1 is 1.09 bits per heavy atom. The standard InChI is InChI=1S/C17H13ClFNO2/c18-10-7-13-16(21)12-4-3-11(20-5-1-2-6-20)9-15(12)22-17(13)14(19)8-10/h3-4,7-9H,1-2,5-6H2. The number of fused-ring (bicyclic) bond motifs is 2. The molecule has 112 valence electrons. The molecule has 3 aromatic rings. The monoisotopic (exact) mass is 317 g/mol. The molecule has 1 saturated heterocycles. The maximum absolute atomic E-state index is 14.0. The lowest BCUT2D eigenvalue weighted by atomic mass is 10.1. The van der Waals surface area contributed by atoms with Gasteiger partial charge in [-0.1, -0.05) is 11.6 Å². The van der Waals surface area contributed by atoms with Crippen molar-refractivity contribution >= 4 is 39.2 Å². The molecule has 0 spiro atoms. The molecule has 0 bridgehead atoms. The van der Waals surface area contributed by atoms with E-state index >= 15 is 0 Å². The summed E-state index contributed by atoms with van der Waals surface area (Å²) in [4.78, 5) is 14.8. The molecule has 22 heavy (non-hydrogen) atoms. The van der Waals surface area contributed by atoms with Crippen LogP contribution in [0, 0.1) is 5.82 Å². The third kappa shape index (κ3) is 2.06. The topological polar surface area (TPSA) is 33.5 Å². The Balaban J connectivity index is 2.01. The van der Waals surface area contributed by atoms with Crippen LogP contribution in [-0.2, 0) is 0 Å². The van der Waals surface area contributed by atoms with E-state index in [1.165, 1.54) is 6.07 Å². The molecule has 2 aromatic carbocycles. The molecule has 4 rings (SSSR count). The van der Waals surface area contributed by atoms with E-state index in [-0.39, 0.29) is 21.4 Å². The lowest BCUT2D eigenvalue weighted by molar-refractivity contribution is 0.579. The van der Waals surface area contributed by atoms with Crippen molar-refractivity contribution in [3.63, 3.8) is 0 Å². The zero-order chi connectivity index (χ0) is 15.3. The summed E-state index contributed by atoms with van der Waals surface area (Å²) in [6.07, 6.45) is 2.32. The first-order valence-corrected chi connectivity index (χ1v) is 7.62. The van der Waals surface area contributed by atoms with Crippen molar-refractivity contribution in [2.75, 3.05) is 18.0 Å². The highest BCUT2D eigenvalue weighted by molar-refractivity contribution is 6.31. The Hall–Kier alpha value is -2.07. The van der Waals surface area contributed by atoms with Gasteiger partial charge < -0.3 is 9.32 Å². The van der Waals surface area contributed by atoms with Crippen LogP contribution in [0.4, 0.5) is 10.1 Å². The fourth-order valence-electron chi connectivity index (χ4n) is 3.04. The van der Waals surface area contributed by atoms with E-state index in [0.29, 0.717) is 11.0 Å². The van der Waals surface area contributed by atoms with Crippen molar-refractivity contribution in [1.82, 2.24) is 0 Å². The highest BCUT2D eigenvalue weighted by atomic mass is 35.5. The molecule has 0 N–H and O–H groups in total. The van der Waals surface area contributed by atoms with Crippen LogP contribution in [-0.4, -0.2) is 13.1 Å². The molecule has 0 radical (unpaired) electrons. The largest absolute Gasteiger partial charge is 0.453 e. The first-order chi connectivity index (χ1) is 10.6. The summed E-state index contributed by atoms with van der Waals surface area (Å²) in [5.74, 6) is -0.618. The van der Waals surface area contributed by atoms with Crippen molar-refractivity contribution in [2.45, 2.75) is 12.8 Å². The molecule has 0 amide bonds. The molecule has 2 heterocycles. The molecule has 1 fully saturated rings. The number of hydrogen-bond donors (Lipinski definition) is 0. The SMILES string of the molecule is O=c1c2ccc(N3CCCC3)cc2oc2c(F)cc(Cl)cc12. The molecule has 0 aliphatic carbocycles. The lowest BCUT2D eigenvalue weighted by Gasteiger charge is -2.17. The first-order valence-electron chi connectivity index (χ1n) is 7.24. The second kappa shape index (κ2) is 4.99. The van der Waals surface area contributed by atoms with E-state index in [9.17, 15) is 9.18 Å². The van der Waals surface area contributed by atoms with Crippen LogP contribution < -0.4 is 10.3 Å². The van der Waals surface area contributed by atoms with Gasteiger partial charge in [-0.2, -0.15) is 0 Å². The van der Waals surface area contributed by atoms with E-state index in [2.05, 4.69) is 4.90 Å². The van der Waals surface area contributed by atoms with E-state index in [4.69, 9.17) is 16.0 Å². The van der Waals surface area contributed by atoms with E-state index in [1.807, 2.05) is 12.1 Å². The second-order valence-corrected chi connectivity index (χ2v) is 6.01. The van der Waals surface area contributed by atoms with Crippen LogP contribution in [0.3, 0.4) is 0 Å². The number of nitrogens with zero attached hydrogens (tertiary/aromatic N) is 1. The van der Waals surface area contributed by atoms with Crippen LogP contribution in [0.15, 0.2) is 39.5 Å². The van der Waals surface area contributed by atoms with E-state index < -0.39 is 5.82 Å². The molecular weight excluding hydrogens is 305 g/mol. The highest BCUT2D eigenvalue weighted by Gasteiger charge is 2.16. The van der Waals surface area contributed by atoms with E-state index in [1.54, 1.807) is 6.07 Å². The summed E-state index contributed by atoms with van der Waals surface area (Å²) in [7, 11) is 0. The van der Waals surface area contributed by atoms with Crippen molar-refractivity contribution in [1.29, 1.82) is 0 Å². The number of halogens is 2. The Labute approximate surface area is 130 Å². The second-order valence-electron chi connectivity index (χ2n) is 5.57. The zero-order valence-corrected chi connectivity index (χ0v) is 12.5. The molecule has 5 heteroatoms. The predicted molar refractivity (Wildman–Crippen MR) is 86.4 cm³/mol. The van der Waals surface area contributed by atoms with Crippen LogP contribution in [0.5, 0.6) is 0 Å². The minimum Gasteiger partial charge on any atom is -0.453 e. The number of benzene rings is 2. The summed E-state index contributed by atoms with van der Waals surface area (Å²) >= 11 is 5.83. The first kappa shape index (κ1) is 13.6. The van der Waals surface area contributed by atoms with Crippen molar-refractivity contribution in [3.8, 4) is 0 Å². The van der Waals surface area contributed by atoms with Gasteiger partial charge in [-0.05, 0) is 37.1 Å². The average molecular weight is 318 g/mol. The summed E-state index contributed by atoms with van der Waals surface area (Å²) in [6.45, 7) is 1.99. The zero-order valence-electron chi connectivity index (χ0n) is 11.7. The Morgan fingerprint density at radius 3 is 2.64 bits per heavy atom. The number of hydrogen-bond acceptors (Lipinski definition) is 3. The molecule has 0 atom stereocenters. The number of rotatable bonds is 1. The van der Waals surface area contributed by atoms with Gasteiger partial charge in [0.15, 0.2) is 11.4 Å². The van der Waals surface area contributed by atoms with Gasteiger partial charge in [0, 0.05) is 29.9 Å². The Bertz CT molecular complexity index is 945. The van der Waals surface area contributed by atoms with Crippen LogP contribution in [0.2, 0.25) is 5.02 Å². The van der Waals surface area contributed by atoms with E-state index in [0.717, 1.165) is 37.7 Å².